The number of ether oxygens (including phenoxy) is 1. The third-order valence-electron chi connectivity index (χ3n) is 2.42. The van der Waals surface area contributed by atoms with Crippen LogP contribution in [0.3, 0.4) is 0 Å². The van der Waals surface area contributed by atoms with E-state index < -0.39 is 0 Å². The van der Waals surface area contributed by atoms with Gasteiger partial charge in [-0.2, -0.15) is 0 Å². The van der Waals surface area contributed by atoms with Gasteiger partial charge in [-0.05, 0) is 25.1 Å². The Morgan fingerprint density at radius 3 is 2.79 bits per heavy atom. The molecule has 0 unspecified atom stereocenters. The second-order valence-electron chi connectivity index (χ2n) is 3.79. The van der Waals surface area contributed by atoms with E-state index in [2.05, 4.69) is 36.5 Å². The molecule has 19 heavy (non-hydrogen) atoms. The van der Waals surface area contributed by atoms with E-state index in [0.717, 1.165) is 28.3 Å². The average molecular weight is 323 g/mol. The first-order valence-corrected chi connectivity index (χ1v) is 6.68. The lowest BCUT2D eigenvalue weighted by molar-refractivity contribution is 0.416. The first kappa shape index (κ1) is 13.6. The van der Waals surface area contributed by atoms with Crippen LogP contribution in [0.25, 0.3) is 0 Å². The predicted molar refractivity (Wildman–Crippen MR) is 80.2 cm³/mol. The molecule has 0 fully saturated rings. The van der Waals surface area contributed by atoms with Crippen LogP contribution in [0, 0.1) is 0 Å². The minimum absolute atomic E-state index is 0.662. The zero-order valence-corrected chi connectivity index (χ0v) is 12.4. The summed E-state index contributed by atoms with van der Waals surface area (Å²) in [5, 5.41) is 6.31. The van der Waals surface area contributed by atoms with Gasteiger partial charge < -0.3 is 15.4 Å². The fourth-order valence-electron chi connectivity index (χ4n) is 1.61. The maximum absolute atomic E-state index is 5.30. The molecule has 0 radical (unpaired) electrons. The Balaban J connectivity index is 2.25. The molecule has 0 bridgehead atoms. The Kier molecular flexibility index (Phi) is 4.57. The van der Waals surface area contributed by atoms with Crippen molar-refractivity contribution in [1.82, 2.24) is 9.97 Å². The highest BCUT2D eigenvalue weighted by molar-refractivity contribution is 9.10. The monoisotopic (exact) mass is 322 g/mol. The third kappa shape index (κ3) is 3.57. The Morgan fingerprint density at radius 2 is 2.05 bits per heavy atom. The normalized spacial score (nSPS) is 10.1. The van der Waals surface area contributed by atoms with Gasteiger partial charge in [0.15, 0.2) is 5.82 Å². The number of halogens is 1. The smallest absolute Gasteiger partial charge is 0.151 e. The molecule has 1 heterocycles. The van der Waals surface area contributed by atoms with Crippen molar-refractivity contribution in [1.29, 1.82) is 0 Å². The van der Waals surface area contributed by atoms with Crippen LogP contribution in [0.5, 0.6) is 5.75 Å². The van der Waals surface area contributed by atoms with Crippen molar-refractivity contribution in [3.05, 3.63) is 35.1 Å². The van der Waals surface area contributed by atoms with Crippen molar-refractivity contribution in [3.63, 3.8) is 0 Å². The molecular weight excluding hydrogens is 308 g/mol. The lowest BCUT2D eigenvalue weighted by atomic mass is 10.3. The van der Waals surface area contributed by atoms with Gasteiger partial charge in [-0.1, -0.05) is 15.9 Å². The van der Waals surface area contributed by atoms with Crippen molar-refractivity contribution in [2.24, 2.45) is 0 Å². The van der Waals surface area contributed by atoms with Crippen molar-refractivity contribution >= 4 is 33.3 Å². The van der Waals surface area contributed by atoms with Gasteiger partial charge in [-0.15, -0.1) is 0 Å². The number of anilines is 3. The van der Waals surface area contributed by atoms with Gasteiger partial charge in [-0.25, -0.2) is 4.98 Å². The highest BCUT2D eigenvalue weighted by atomic mass is 79.9. The van der Waals surface area contributed by atoms with Crippen molar-refractivity contribution in [2.45, 2.75) is 6.92 Å². The van der Waals surface area contributed by atoms with Gasteiger partial charge in [0.05, 0.1) is 25.2 Å². The molecule has 0 aliphatic rings. The highest BCUT2D eigenvalue weighted by Gasteiger charge is 2.05. The molecule has 5 nitrogen and oxygen atoms in total. The number of hydrogen-bond donors (Lipinski definition) is 2. The van der Waals surface area contributed by atoms with Crippen LogP contribution < -0.4 is 15.4 Å². The molecule has 0 saturated heterocycles. The number of aromatic nitrogens is 2. The predicted octanol–water partition coefficient (Wildman–Crippen LogP) is 3.42. The number of rotatable bonds is 5. The summed E-state index contributed by atoms with van der Waals surface area (Å²) in [6.45, 7) is 2.82. The molecule has 0 saturated carbocycles. The molecule has 6 heteroatoms. The SMILES string of the molecule is CCNc1cncc(Nc2cc(Br)ccc2OC)n1. The number of nitrogens with zero attached hydrogens (tertiary/aromatic N) is 2. The topological polar surface area (TPSA) is 59.1 Å². The fraction of sp³-hybridized carbons (Fsp3) is 0.231. The van der Waals surface area contributed by atoms with E-state index in [1.807, 2.05) is 25.1 Å². The average Bonchev–Trinajstić information content (AvgIpc) is 2.40. The summed E-state index contributed by atoms with van der Waals surface area (Å²) in [4.78, 5) is 8.54. The fourth-order valence-corrected chi connectivity index (χ4v) is 1.97. The van der Waals surface area contributed by atoms with Gasteiger partial charge in [0, 0.05) is 11.0 Å². The molecule has 0 atom stereocenters. The molecule has 0 aliphatic heterocycles. The maximum Gasteiger partial charge on any atom is 0.151 e. The zero-order chi connectivity index (χ0) is 13.7. The summed E-state index contributed by atoms with van der Waals surface area (Å²) in [7, 11) is 1.63. The summed E-state index contributed by atoms with van der Waals surface area (Å²) in [6, 6.07) is 5.74. The Morgan fingerprint density at radius 1 is 1.26 bits per heavy atom. The molecule has 100 valence electrons. The van der Waals surface area contributed by atoms with Crippen LogP contribution in [0.2, 0.25) is 0 Å². The summed E-state index contributed by atoms with van der Waals surface area (Å²) in [5.74, 6) is 2.15. The zero-order valence-electron chi connectivity index (χ0n) is 10.8. The summed E-state index contributed by atoms with van der Waals surface area (Å²) < 4.78 is 6.27. The van der Waals surface area contributed by atoms with Gasteiger partial charge in [0.25, 0.3) is 0 Å². The largest absolute Gasteiger partial charge is 0.495 e. The number of hydrogen-bond acceptors (Lipinski definition) is 5. The van der Waals surface area contributed by atoms with E-state index in [4.69, 9.17) is 4.74 Å². The molecule has 0 aliphatic carbocycles. The van der Waals surface area contributed by atoms with E-state index in [9.17, 15) is 0 Å². The summed E-state index contributed by atoms with van der Waals surface area (Å²) in [5.41, 5.74) is 0.833. The van der Waals surface area contributed by atoms with Gasteiger partial charge >= 0.3 is 0 Å². The molecule has 0 amide bonds. The van der Waals surface area contributed by atoms with E-state index in [-0.39, 0.29) is 0 Å². The van der Waals surface area contributed by atoms with E-state index in [1.165, 1.54) is 0 Å². The van der Waals surface area contributed by atoms with E-state index in [0.29, 0.717) is 5.82 Å². The standard InChI is InChI=1S/C13H15BrN4O/c1-3-16-12-7-15-8-13(18-12)17-10-6-9(14)4-5-11(10)19-2/h4-8H,3H2,1-2H3,(H2,16,17,18). The van der Waals surface area contributed by atoms with Gasteiger partial charge in [0.1, 0.15) is 11.6 Å². The third-order valence-corrected chi connectivity index (χ3v) is 2.91. The molecule has 2 rings (SSSR count). The molecule has 2 N–H and O–H groups in total. The summed E-state index contributed by atoms with van der Waals surface area (Å²) >= 11 is 3.43. The van der Waals surface area contributed by atoms with Crippen LogP contribution in [-0.2, 0) is 0 Å². The lowest BCUT2D eigenvalue weighted by Crippen LogP contribution is -2.03. The quantitative estimate of drug-likeness (QED) is 0.883. The minimum Gasteiger partial charge on any atom is -0.495 e. The van der Waals surface area contributed by atoms with Gasteiger partial charge in [0.2, 0.25) is 0 Å². The highest BCUT2D eigenvalue weighted by Crippen LogP contribution is 2.30. The van der Waals surface area contributed by atoms with Crippen LogP contribution in [0.1, 0.15) is 6.92 Å². The van der Waals surface area contributed by atoms with E-state index in [1.54, 1.807) is 19.5 Å². The molecule has 0 spiro atoms. The van der Waals surface area contributed by atoms with Gasteiger partial charge in [-0.3, -0.25) is 4.98 Å². The first-order chi connectivity index (χ1) is 9.22. The maximum atomic E-state index is 5.30. The van der Waals surface area contributed by atoms with Crippen molar-refractivity contribution in [2.75, 3.05) is 24.3 Å². The van der Waals surface area contributed by atoms with Crippen LogP contribution in [0.4, 0.5) is 17.3 Å². The molecular formula is C13H15BrN4O. The van der Waals surface area contributed by atoms with Crippen LogP contribution in [0.15, 0.2) is 35.1 Å². The molecule has 2 aromatic rings. The number of nitrogens with one attached hydrogen (secondary N) is 2. The Labute approximate surface area is 120 Å². The van der Waals surface area contributed by atoms with Crippen molar-refractivity contribution < 1.29 is 4.74 Å². The van der Waals surface area contributed by atoms with E-state index >= 15 is 0 Å². The summed E-state index contributed by atoms with van der Waals surface area (Å²) in [6.07, 6.45) is 3.36. The van der Waals surface area contributed by atoms with Crippen molar-refractivity contribution in [3.8, 4) is 5.75 Å². The second-order valence-corrected chi connectivity index (χ2v) is 4.71. The molecule has 1 aromatic heterocycles. The number of methoxy groups -OCH3 is 1. The van der Waals surface area contributed by atoms with Crippen LogP contribution in [-0.4, -0.2) is 23.6 Å². The number of benzene rings is 1. The minimum atomic E-state index is 0.662. The first-order valence-electron chi connectivity index (χ1n) is 5.89. The Hall–Kier alpha value is -1.82. The lowest BCUT2D eigenvalue weighted by Gasteiger charge is -2.11. The second kappa shape index (κ2) is 6.38. The Bertz CT molecular complexity index is 562. The molecule has 1 aromatic carbocycles. The van der Waals surface area contributed by atoms with Crippen LogP contribution >= 0.6 is 15.9 Å².